The Balaban J connectivity index is 3.16. The molecule has 0 N–H and O–H groups in total. The first kappa shape index (κ1) is 27.0. The number of hydrogen-bond acceptors (Lipinski definition) is 1. The van der Waals surface area contributed by atoms with Crippen molar-refractivity contribution in [1.82, 2.24) is 0 Å². The number of ether oxygens (including phenoxy) is 1. The Morgan fingerprint density at radius 2 is 0.815 bits per heavy atom. The van der Waals surface area contributed by atoms with Gasteiger partial charge in [0.25, 0.3) is 0 Å². The second-order valence-electron chi connectivity index (χ2n) is 9.34. The molecule has 0 fully saturated rings. The van der Waals surface area contributed by atoms with E-state index < -0.39 is 0 Å². The molecular formula is C26H54O. The van der Waals surface area contributed by atoms with Gasteiger partial charge in [0.2, 0.25) is 0 Å². The molecule has 0 heterocycles. The maximum absolute atomic E-state index is 5.20. The second kappa shape index (κ2) is 22.3. The minimum Gasteiger partial charge on any atom is -0.384 e. The van der Waals surface area contributed by atoms with Crippen LogP contribution in [-0.4, -0.2) is 13.7 Å². The highest BCUT2D eigenvalue weighted by Crippen LogP contribution is 2.19. The smallest absolute Gasteiger partial charge is 0.0487 e. The van der Waals surface area contributed by atoms with Crippen molar-refractivity contribution < 1.29 is 4.74 Å². The zero-order valence-electron chi connectivity index (χ0n) is 19.7. The predicted octanol–water partition coefficient (Wildman–Crippen LogP) is 9.34. The summed E-state index contributed by atoms with van der Waals surface area (Å²) in [6.45, 7) is 8.01. The van der Waals surface area contributed by atoms with E-state index in [-0.39, 0.29) is 0 Å². The van der Waals surface area contributed by atoms with Crippen LogP contribution in [0.5, 0.6) is 0 Å². The van der Waals surface area contributed by atoms with Crippen molar-refractivity contribution >= 4 is 0 Å². The lowest BCUT2D eigenvalue weighted by atomic mass is 9.95. The van der Waals surface area contributed by atoms with E-state index in [4.69, 9.17) is 4.74 Å². The van der Waals surface area contributed by atoms with Gasteiger partial charge in [-0.15, -0.1) is 0 Å². The molecule has 0 radical (unpaired) electrons. The number of methoxy groups -OCH3 is 1. The predicted molar refractivity (Wildman–Crippen MR) is 124 cm³/mol. The number of unbranched alkanes of at least 4 members (excludes halogenated alkanes) is 14. The average molecular weight is 383 g/mol. The Labute approximate surface area is 173 Å². The lowest BCUT2D eigenvalue weighted by molar-refractivity contribution is 0.154. The highest BCUT2D eigenvalue weighted by Gasteiger charge is 2.03. The van der Waals surface area contributed by atoms with Crippen molar-refractivity contribution in [2.75, 3.05) is 13.7 Å². The fraction of sp³-hybridized carbons (Fsp3) is 1.00. The first-order chi connectivity index (χ1) is 13.2. The van der Waals surface area contributed by atoms with Crippen LogP contribution in [0.15, 0.2) is 0 Å². The van der Waals surface area contributed by atoms with E-state index in [1.807, 2.05) is 7.11 Å². The fourth-order valence-electron chi connectivity index (χ4n) is 4.19. The van der Waals surface area contributed by atoms with Crippen LogP contribution >= 0.6 is 0 Å². The Bertz CT molecular complexity index is 263. The van der Waals surface area contributed by atoms with E-state index in [0.29, 0.717) is 0 Å². The summed E-state index contributed by atoms with van der Waals surface area (Å²) in [5, 5.41) is 0. The Kier molecular flexibility index (Phi) is 22.2. The van der Waals surface area contributed by atoms with Crippen LogP contribution in [0, 0.1) is 11.8 Å². The molecule has 0 aromatic heterocycles. The third-order valence-corrected chi connectivity index (χ3v) is 6.15. The van der Waals surface area contributed by atoms with Gasteiger partial charge in [-0.3, -0.25) is 0 Å². The molecular weight excluding hydrogens is 328 g/mol. The van der Waals surface area contributed by atoms with Crippen molar-refractivity contribution in [2.45, 2.75) is 143 Å². The molecule has 2 atom stereocenters. The molecule has 2 unspecified atom stereocenters. The molecule has 0 aliphatic rings. The largest absolute Gasteiger partial charge is 0.384 e. The molecule has 0 saturated carbocycles. The van der Waals surface area contributed by atoms with Gasteiger partial charge in [-0.05, 0) is 18.3 Å². The van der Waals surface area contributed by atoms with Crippen LogP contribution in [0.3, 0.4) is 0 Å². The fourth-order valence-corrected chi connectivity index (χ4v) is 4.19. The van der Waals surface area contributed by atoms with Gasteiger partial charge >= 0.3 is 0 Å². The maximum Gasteiger partial charge on any atom is 0.0487 e. The molecule has 0 saturated heterocycles. The molecule has 164 valence electrons. The summed E-state index contributed by atoms with van der Waals surface area (Å²) in [7, 11) is 1.81. The summed E-state index contributed by atoms with van der Waals surface area (Å²) in [5.74, 6) is 1.70. The summed E-state index contributed by atoms with van der Waals surface area (Å²) < 4.78 is 5.20. The average Bonchev–Trinajstić information content (AvgIpc) is 2.65. The van der Waals surface area contributed by atoms with Gasteiger partial charge in [0.15, 0.2) is 0 Å². The Hall–Kier alpha value is -0.0400. The highest BCUT2D eigenvalue weighted by molar-refractivity contribution is 4.56. The normalized spacial score (nSPS) is 13.8. The minimum atomic E-state index is 0.739. The summed E-state index contributed by atoms with van der Waals surface area (Å²) in [4.78, 5) is 0. The highest BCUT2D eigenvalue weighted by atomic mass is 16.5. The van der Waals surface area contributed by atoms with Gasteiger partial charge in [0, 0.05) is 13.7 Å². The summed E-state index contributed by atoms with van der Waals surface area (Å²) in [5.41, 5.74) is 0. The van der Waals surface area contributed by atoms with Crippen LogP contribution in [0.25, 0.3) is 0 Å². The van der Waals surface area contributed by atoms with Gasteiger partial charge in [0.05, 0.1) is 0 Å². The molecule has 1 nitrogen and oxygen atoms in total. The SMILES string of the molecule is CCCCCCCCCC(C)CCCCCCCCCCCC(C)COC. The zero-order chi connectivity index (χ0) is 20.0. The lowest BCUT2D eigenvalue weighted by Crippen LogP contribution is -2.02. The monoisotopic (exact) mass is 382 g/mol. The van der Waals surface area contributed by atoms with Crippen molar-refractivity contribution in [1.29, 1.82) is 0 Å². The molecule has 0 aromatic rings. The quantitative estimate of drug-likeness (QED) is 0.169. The van der Waals surface area contributed by atoms with Crippen LogP contribution < -0.4 is 0 Å². The van der Waals surface area contributed by atoms with Crippen LogP contribution in [0.1, 0.15) is 143 Å². The van der Waals surface area contributed by atoms with Gasteiger partial charge < -0.3 is 4.74 Å². The van der Waals surface area contributed by atoms with Crippen LogP contribution in [-0.2, 0) is 4.74 Å². The zero-order valence-corrected chi connectivity index (χ0v) is 19.7. The Morgan fingerprint density at radius 1 is 0.481 bits per heavy atom. The second-order valence-corrected chi connectivity index (χ2v) is 9.34. The third-order valence-electron chi connectivity index (χ3n) is 6.15. The number of hydrogen-bond donors (Lipinski definition) is 0. The summed E-state index contributed by atoms with van der Waals surface area (Å²) in [6.07, 6.45) is 27.4. The first-order valence-corrected chi connectivity index (χ1v) is 12.7. The van der Waals surface area contributed by atoms with E-state index in [2.05, 4.69) is 20.8 Å². The topological polar surface area (TPSA) is 9.23 Å². The van der Waals surface area contributed by atoms with Crippen LogP contribution in [0.2, 0.25) is 0 Å². The van der Waals surface area contributed by atoms with Gasteiger partial charge in [-0.25, -0.2) is 0 Å². The molecule has 0 aliphatic carbocycles. The standard InChI is InChI=1S/C26H54O/c1-5-6-7-8-12-15-18-21-25(2)22-19-16-13-10-9-11-14-17-20-23-26(3)24-27-4/h25-26H,5-24H2,1-4H3. The van der Waals surface area contributed by atoms with E-state index in [9.17, 15) is 0 Å². The van der Waals surface area contributed by atoms with E-state index in [1.165, 1.54) is 122 Å². The lowest BCUT2D eigenvalue weighted by Gasteiger charge is -2.11. The Morgan fingerprint density at radius 3 is 1.19 bits per heavy atom. The number of rotatable bonds is 22. The first-order valence-electron chi connectivity index (χ1n) is 12.7. The molecule has 27 heavy (non-hydrogen) atoms. The van der Waals surface area contributed by atoms with Gasteiger partial charge in [-0.2, -0.15) is 0 Å². The van der Waals surface area contributed by atoms with Crippen LogP contribution in [0.4, 0.5) is 0 Å². The minimum absolute atomic E-state index is 0.739. The summed E-state index contributed by atoms with van der Waals surface area (Å²) in [6, 6.07) is 0. The third kappa shape index (κ3) is 22.1. The van der Waals surface area contributed by atoms with Crippen molar-refractivity contribution in [3.8, 4) is 0 Å². The van der Waals surface area contributed by atoms with E-state index >= 15 is 0 Å². The molecule has 0 bridgehead atoms. The van der Waals surface area contributed by atoms with Crippen molar-refractivity contribution in [3.05, 3.63) is 0 Å². The molecule has 0 amide bonds. The molecule has 0 spiro atoms. The van der Waals surface area contributed by atoms with E-state index in [1.54, 1.807) is 0 Å². The molecule has 1 heteroatoms. The maximum atomic E-state index is 5.20. The molecule has 0 aliphatic heterocycles. The molecule has 0 aromatic carbocycles. The van der Waals surface area contributed by atoms with Crippen molar-refractivity contribution in [3.63, 3.8) is 0 Å². The summed E-state index contributed by atoms with van der Waals surface area (Å²) >= 11 is 0. The molecule has 0 rings (SSSR count). The van der Waals surface area contributed by atoms with Crippen molar-refractivity contribution in [2.24, 2.45) is 11.8 Å². The van der Waals surface area contributed by atoms with E-state index in [0.717, 1.165) is 18.4 Å². The van der Waals surface area contributed by atoms with Gasteiger partial charge in [-0.1, -0.05) is 136 Å². The van der Waals surface area contributed by atoms with Gasteiger partial charge in [0.1, 0.15) is 0 Å².